The lowest BCUT2D eigenvalue weighted by Gasteiger charge is -2.18. The van der Waals surface area contributed by atoms with E-state index in [2.05, 4.69) is 10.4 Å². The first-order valence-corrected chi connectivity index (χ1v) is 8.82. The normalized spacial score (nSPS) is 11.9. The van der Waals surface area contributed by atoms with Gasteiger partial charge in [-0.05, 0) is 31.5 Å². The van der Waals surface area contributed by atoms with Gasteiger partial charge in [-0.2, -0.15) is 5.10 Å². The third-order valence-electron chi connectivity index (χ3n) is 4.35. The van der Waals surface area contributed by atoms with E-state index in [9.17, 15) is 18.4 Å². The first-order valence-electron chi connectivity index (χ1n) is 8.82. The summed E-state index contributed by atoms with van der Waals surface area (Å²) in [6.07, 6.45) is 0.263. The molecule has 1 atom stereocenters. The van der Waals surface area contributed by atoms with Gasteiger partial charge < -0.3 is 5.32 Å². The molecule has 0 saturated carbocycles. The molecule has 0 aliphatic carbocycles. The second-order valence-corrected chi connectivity index (χ2v) is 6.40. The maximum absolute atomic E-state index is 13.8. The number of hydrogen-bond acceptors (Lipinski definition) is 3. The van der Waals surface area contributed by atoms with Gasteiger partial charge in [0.15, 0.2) is 0 Å². The highest BCUT2D eigenvalue weighted by molar-refractivity contribution is 5.93. The van der Waals surface area contributed by atoms with Gasteiger partial charge in [0.1, 0.15) is 17.7 Å². The van der Waals surface area contributed by atoms with Gasteiger partial charge >= 0.3 is 0 Å². The molecule has 0 aliphatic heterocycles. The van der Waals surface area contributed by atoms with Gasteiger partial charge in [-0.25, -0.2) is 13.5 Å². The van der Waals surface area contributed by atoms with E-state index in [1.807, 2.05) is 31.2 Å². The van der Waals surface area contributed by atoms with Crippen molar-refractivity contribution in [3.05, 3.63) is 82.1 Å². The molecule has 0 bridgehead atoms. The van der Waals surface area contributed by atoms with Crippen molar-refractivity contribution in [1.82, 2.24) is 9.78 Å². The van der Waals surface area contributed by atoms with Gasteiger partial charge in [0, 0.05) is 17.7 Å². The van der Waals surface area contributed by atoms with Gasteiger partial charge in [0.25, 0.3) is 5.56 Å². The van der Waals surface area contributed by atoms with E-state index < -0.39 is 29.1 Å². The lowest BCUT2D eigenvalue weighted by molar-refractivity contribution is -0.119. The Morgan fingerprint density at radius 2 is 1.82 bits per heavy atom. The SMILES string of the molecule is CC[C@@H](C(=O)Nc1ccc(F)cc1F)n1nc(-c2ccc(C)cc2)ccc1=O. The molecule has 1 N–H and O–H groups in total. The Kier molecular flexibility index (Phi) is 5.63. The van der Waals surface area contributed by atoms with Crippen molar-refractivity contribution >= 4 is 11.6 Å². The third-order valence-corrected chi connectivity index (χ3v) is 4.35. The average Bonchev–Trinajstić information content (AvgIpc) is 2.67. The number of halogens is 2. The average molecular weight is 383 g/mol. The number of amides is 1. The molecule has 1 heterocycles. The van der Waals surface area contributed by atoms with E-state index in [0.29, 0.717) is 11.8 Å². The van der Waals surface area contributed by atoms with Crippen molar-refractivity contribution in [2.24, 2.45) is 0 Å². The fraction of sp³-hybridized carbons (Fsp3) is 0.190. The van der Waals surface area contributed by atoms with Crippen LogP contribution in [0.15, 0.2) is 59.4 Å². The van der Waals surface area contributed by atoms with E-state index >= 15 is 0 Å². The molecule has 1 aromatic heterocycles. The summed E-state index contributed by atoms with van der Waals surface area (Å²) in [7, 11) is 0. The number of nitrogens with one attached hydrogen (secondary N) is 1. The fourth-order valence-corrected chi connectivity index (χ4v) is 2.80. The summed E-state index contributed by atoms with van der Waals surface area (Å²) < 4.78 is 28.0. The lowest BCUT2D eigenvalue weighted by Crippen LogP contribution is -2.34. The molecule has 1 amide bonds. The molecular formula is C21H19F2N3O2. The molecule has 3 rings (SSSR count). The van der Waals surface area contributed by atoms with Crippen LogP contribution in [0.5, 0.6) is 0 Å². The Hall–Kier alpha value is -3.35. The lowest BCUT2D eigenvalue weighted by atomic mass is 10.1. The summed E-state index contributed by atoms with van der Waals surface area (Å²) in [5, 5.41) is 6.73. The Morgan fingerprint density at radius 3 is 2.46 bits per heavy atom. The minimum atomic E-state index is -0.942. The maximum atomic E-state index is 13.8. The van der Waals surface area contributed by atoms with Gasteiger partial charge in [-0.1, -0.05) is 36.8 Å². The number of aryl methyl sites for hydroxylation is 1. The fourth-order valence-electron chi connectivity index (χ4n) is 2.80. The standard InChI is InChI=1S/C21H19F2N3O2/c1-3-19(21(28)24-18-9-8-15(22)12-16(18)23)26-20(27)11-10-17(25-26)14-6-4-13(2)5-7-14/h4-12,19H,3H2,1-2H3,(H,24,28)/t19-/m0/s1. The van der Waals surface area contributed by atoms with Gasteiger partial charge in [0.2, 0.25) is 5.91 Å². The molecule has 0 fully saturated rings. The van der Waals surface area contributed by atoms with Crippen molar-refractivity contribution in [3.8, 4) is 11.3 Å². The summed E-state index contributed by atoms with van der Waals surface area (Å²) in [5.41, 5.74) is 1.83. The highest BCUT2D eigenvalue weighted by atomic mass is 19.1. The Balaban J connectivity index is 1.92. The molecule has 28 heavy (non-hydrogen) atoms. The van der Waals surface area contributed by atoms with Crippen molar-refractivity contribution in [2.75, 3.05) is 5.32 Å². The topological polar surface area (TPSA) is 64.0 Å². The molecule has 3 aromatic rings. The van der Waals surface area contributed by atoms with Crippen LogP contribution in [-0.4, -0.2) is 15.7 Å². The second-order valence-electron chi connectivity index (χ2n) is 6.40. The Bertz CT molecular complexity index is 1060. The zero-order valence-corrected chi connectivity index (χ0v) is 15.4. The van der Waals surface area contributed by atoms with E-state index in [-0.39, 0.29) is 12.1 Å². The largest absolute Gasteiger partial charge is 0.322 e. The number of nitrogens with zero attached hydrogens (tertiary/aromatic N) is 2. The summed E-state index contributed by atoms with van der Waals surface area (Å²) >= 11 is 0. The second kappa shape index (κ2) is 8.12. The Labute approximate surface area is 160 Å². The smallest absolute Gasteiger partial charge is 0.267 e. The number of carbonyl (C=O) groups excluding carboxylic acids is 1. The first kappa shape index (κ1) is 19.4. The number of aromatic nitrogens is 2. The summed E-state index contributed by atoms with van der Waals surface area (Å²) in [6, 6.07) is 12.5. The Morgan fingerprint density at radius 1 is 1.11 bits per heavy atom. The highest BCUT2D eigenvalue weighted by Gasteiger charge is 2.22. The van der Waals surface area contributed by atoms with E-state index in [4.69, 9.17) is 0 Å². The predicted molar refractivity (Wildman–Crippen MR) is 103 cm³/mol. The van der Waals surface area contributed by atoms with Crippen LogP contribution >= 0.6 is 0 Å². The van der Waals surface area contributed by atoms with Crippen molar-refractivity contribution in [3.63, 3.8) is 0 Å². The molecule has 144 valence electrons. The number of hydrogen-bond donors (Lipinski definition) is 1. The first-order chi connectivity index (χ1) is 13.4. The highest BCUT2D eigenvalue weighted by Crippen LogP contribution is 2.20. The van der Waals surface area contributed by atoms with Crippen LogP contribution < -0.4 is 10.9 Å². The minimum absolute atomic E-state index is 0.160. The molecular weight excluding hydrogens is 364 g/mol. The zero-order chi connectivity index (χ0) is 20.3. The predicted octanol–water partition coefficient (Wildman–Crippen LogP) is 4.09. The van der Waals surface area contributed by atoms with E-state index in [1.54, 1.807) is 13.0 Å². The summed E-state index contributed by atoms with van der Waals surface area (Å²) in [6.45, 7) is 3.68. The zero-order valence-electron chi connectivity index (χ0n) is 15.4. The molecule has 0 aliphatic rings. The number of rotatable bonds is 5. The maximum Gasteiger partial charge on any atom is 0.267 e. The van der Waals surface area contributed by atoms with Crippen molar-refractivity contribution in [2.45, 2.75) is 26.3 Å². The van der Waals surface area contributed by atoms with Gasteiger partial charge in [0.05, 0.1) is 11.4 Å². The van der Waals surface area contributed by atoms with E-state index in [1.165, 1.54) is 6.07 Å². The number of benzene rings is 2. The van der Waals surface area contributed by atoms with Crippen LogP contribution in [0.3, 0.4) is 0 Å². The molecule has 2 aromatic carbocycles. The molecule has 7 heteroatoms. The molecule has 0 spiro atoms. The summed E-state index contributed by atoms with van der Waals surface area (Å²) in [5.74, 6) is -2.24. The molecule has 5 nitrogen and oxygen atoms in total. The van der Waals surface area contributed by atoms with Gasteiger partial charge in [-0.3, -0.25) is 9.59 Å². The van der Waals surface area contributed by atoms with Crippen LogP contribution in [0, 0.1) is 18.6 Å². The number of carbonyl (C=O) groups is 1. The molecule has 0 unspecified atom stereocenters. The number of anilines is 1. The van der Waals surface area contributed by atoms with E-state index in [0.717, 1.165) is 27.9 Å². The van der Waals surface area contributed by atoms with Crippen LogP contribution in [0.2, 0.25) is 0 Å². The van der Waals surface area contributed by atoms with Crippen LogP contribution in [0.1, 0.15) is 24.9 Å². The van der Waals surface area contributed by atoms with Crippen molar-refractivity contribution < 1.29 is 13.6 Å². The monoisotopic (exact) mass is 383 g/mol. The van der Waals surface area contributed by atoms with Gasteiger partial charge in [-0.15, -0.1) is 0 Å². The van der Waals surface area contributed by atoms with Crippen molar-refractivity contribution in [1.29, 1.82) is 0 Å². The van der Waals surface area contributed by atoms with Crippen LogP contribution in [-0.2, 0) is 4.79 Å². The molecule has 0 saturated heterocycles. The molecule has 0 radical (unpaired) electrons. The summed E-state index contributed by atoms with van der Waals surface area (Å²) in [4.78, 5) is 25.0. The van der Waals surface area contributed by atoms with Crippen LogP contribution in [0.25, 0.3) is 11.3 Å². The minimum Gasteiger partial charge on any atom is -0.322 e. The van der Waals surface area contributed by atoms with Crippen LogP contribution in [0.4, 0.5) is 14.5 Å². The third kappa shape index (κ3) is 4.14. The quantitative estimate of drug-likeness (QED) is 0.722.